The van der Waals surface area contributed by atoms with Crippen LogP contribution < -0.4 is 0 Å². The van der Waals surface area contributed by atoms with E-state index in [0.717, 1.165) is 30.1 Å². The van der Waals surface area contributed by atoms with Crippen molar-refractivity contribution in [2.45, 2.75) is 79.4 Å². The Bertz CT molecular complexity index is 526. The van der Waals surface area contributed by atoms with Gasteiger partial charge in [-0.25, -0.2) is 4.79 Å². The molecule has 138 valence electrons. The van der Waals surface area contributed by atoms with Gasteiger partial charge in [0, 0.05) is 11.5 Å². The van der Waals surface area contributed by atoms with Gasteiger partial charge in [-0.1, -0.05) is 47.1 Å². The molecule has 0 saturated carbocycles. The van der Waals surface area contributed by atoms with Gasteiger partial charge in [-0.15, -0.1) is 0 Å². The fourth-order valence-corrected chi connectivity index (χ4v) is 3.23. The number of carboxylic acid groups (broad SMARTS) is 1. The molecule has 0 aromatic rings. The van der Waals surface area contributed by atoms with Gasteiger partial charge in [0.15, 0.2) is 0 Å². The van der Waals surface area contributed by atoms with Gasteiger partial charge < -0.3 is 15.3 Å². The molecule has 0 bridgehead atoms. The summed E-state index contributed by atoms with van der Waals surface area (Å²) in [6.07, 6.45) is 6.02. The first-order valence-corrected chi connectivity index (χ1v) is 8.76. The van der Waals surface area contributed by atoms with Crippen LogP contribution in [0.1, 0.15) is 67.7 Å². The summed E-state index contributed by atoms with van der Waals surface area (Å²) in [5, 5.41) is 30.4. The minimum atomic E-state index is -1.19. The van der Waals surface area contributed by atoms with Crippen molar-refractivity contribution >= 4 is 5.97 Å². The molecule has 0 aromatic carbocycles. The van der Waals surface area contributed by atoms with Crippen LogP contribution in [0.2, 0.25) is 0 Å². The number of carboxylic acids is 1. The standard InChI is InChI=1S/C18H28O4.C2H6/c1-6-7-14-13(3)18(22,17(4,5)11-15(14)19)9-8-12(2)10-16(20)21;1-2/h8-10,15,19,22H,6-7,11H2,1-5H3,(H,20,21);1-2H3/b9-8+,12-10+;. The molecule has 4 nitrogen and oxygen atoms in total. The van der Waals surface area contributed by atoms with Gasteiger partial charge in [0.1, 0.15) is 5.60 Å². The van der Waals surface area contributed by atoms with Crippen molar-refractivity contribution in [1.29, 1.82) is 0 Å². The molecule has 24 heavy (non-hydrogen) atoms. The van der Waals surface area contributed by atoms with Crippen molar-refractivity contribution in [2.24, 2.45) is 5.41 Å². The summed E-state index contributed by atoms with van der Waals surface area (Å²) in [6, 6.07) is 0. The van der Waals surface area contributed by atoms with E-state index >= 15 is 0 Å². The molecule has 0 saturated heterocycles. The van der Waals surface area contributed by atoms with Crippen LogP contribution in [0.4, 0.5) is 0 Å². The zero-order chi connectivity index (χ0) is 19.1. The molecular formula is C20H34O4. The van der Waals surface area contributed by atoms with Crippen LogP contribution in [-0.2, 0) is 4.79 Å². The molecule has 0 heterocycles. The lowest BCUT2D eigenvalue weighted by Crippen LogP contribution is -2.50. The van der Waals surface area contributed by atoms with E-state index < -0.39 is 23.1 Å². The monoisotopic (exact) mass is 338 g/mol. The molecule has 1 aliphatic carbocycles. The Hall–Kier alpha value is -1.39. The Balaban J connectivity index is 0.00000254. The molecule has 2 unspecified atom stereocenters. The third-order valence-corrected chi connectivity index (χ3v) is 4.65. The second-order valence-corrected chi connectivity index (χ2v) is 6.83. The maximum Gasteiger partial charge on any atom is 0.328 e. The number of rotatable bonds is 5. The van der Waals surface area contributed by atoms with Crippen LogP contribution in [0.15, 0.2) is 34.9 Å². The third kappa shape index (κ3) is 5.05. The van der Waals surface area contributed by atoms with Crippen molar-refractivity contribution in [3.8, 4) is 0 Å². The Kier molecular flexibility index (Phi) is 8.65. The maximum absolute atomic E-state index is 11.2. The first-order chi connectivity index (χ1) is 11.0. The summed E-state index contributed by atoms with van der Waals surface area (Å²) in [5.41, 5.74) is 0.511. The lowest BCUT2D eigenvalue weighted by molar-refractivity contribution is -0.131. The van der Waals surface area contributed by atoms with Crippen LogP contribution in [0, 0.1) is 5.41 Å². The minimum absolute atomic E-state index is 0.474. The highest BCUT2D eigenvalue weighted by molar-refractivity contribution is 5.81. The predicted molar refractivity (Wildman–Crippen MR) is 98.8 cm³/mol. The first-order valence-electron chi connectivity index (χ1n) is 8.76. The molecule has 0 amide bonds. The lowest BCUT2D eigenvalue weighted by Gasteiger charge is -2.48. The van der Waals surface area contributed by atoms with Crippen molar-refractivity contribution in [3.05, 3.63) is 34.9 Å². The van der Waals surface area contributed by atoms with Crippen LogP contribution in [0.25, 0.3) is 0 Å². The third-order valence-electron chi connectivity index (χ3n) is 4.65. The Labute approximate surface area is 146 Å². The summed E-state index contributed by atoms with van der Waals surface area (Å²) in [6.45, 7) is 13.4. The van der Waals surface area contributed by atoms with Gasteiger partial charge in [0.05, 0.1) is 6.10 Å². The second-order valence-electron chi connectivity index (χ2n) is 6.83. The molecule has 0 fully saturated rings. The van der Waals surface area contributed by atoms with Crippen molar-refractivity contribution in [2.75, 3.05) is 0 Å². The topological polar surface area (TPSA) is 77.8 Å². The highest BCUT2D eigenvalue weighted by atomic mass is 16.4. The second kappa shape index (κ2) is 9.19. The largest absolute Gasteiger partial charge is 0.478 e. The average molecular weight is 338 g/mol. The molecule has 2 atom stereocenters. The van der Waals surface area contributed by atoms with Gasteiger partial charge in [-0.2, -0.15) is 0 Å². The molecule has 0 spiro atoms. The number of aliphatic carboxylic acids is 1. The zero-order valence-electron chi connectivity index (χ0n) is 16.2. The minimum Gasteiger partial charge on any atom is -0.478 e. The Morgan fingerprint density at radius 1 is 1.33 bits per heavy atom. The van der Waals surface area contributed by atoms with Crippen LogP contribution in [-0.4, -0.2) is 33.0 Å². The fourth-order valence-electron chi connectivity index (χ4n) is 3.23. The quantitative estimate of drug-likeness (QED) is 0.398. The lowest BCUT2D eigenvalue weighted by atomic mass is 9.61. The SMILES string of the molecule is CC.CCCC1=C(C)C(O)(/C=C/C(C)=C/C(=O)O)C(C)(C)CC1O. The molecule has 0 aromatic heterocycles. The van der Waals surface area contributed by atoms with E-state index in [-0.39, 0.29) is 0 Å². The van der Waals surface area contributed by atoms with Gasteiger partial charge in [-0.05, 0) is 49.5 Å². The molecular weight excluding hydrogens is 304 g/mol. The fraction of sp³-hybridized carbons (Fsp3) is 0.650. The van der Waals surface area contributed by atoms with Gasteiger partial charge >= 0.3 is 5.97 Å². The number of allylic oxidation sites excluding steroid dienone is 2. The number of hydrogen-bond donors (Lipinski definition) is 3. The first kappa shape index (κ1) is 22.6. The summed E-state index contributed by atoms with van der Waals surface area (Å²) in [7, 11) is 0. The average Bonchev–Trinajstić information content (AvgIpc) is 2.49. The number of aliphatic hydroxyl groups is 2. The number of carbonyl (C=O) groups is 1. The Morgan fingerprint density at radius 3 is 2.33 bits per heavy atom. The van der Waals surface area contributed by atoms with Crippen LogP contribution in [0.5, 0.6) is 0 Å². The molecule has 0 radical (unpaired) electrons. The summed E-state index contributed by atoms with van der Waals surface area (Å²) in [4.78, 5) is 10.7. The van der Waals surface area contributed by atoms with Crippen molar-refractivity contribution < 1.29 is 20.1 Å². The van der Waals surface area contributed by atoms with E-state index in [1.54, 1.807) is 19.1 Å². The number of aliphatic hydroxyl groups excluding tert-OH is 1. The molecule has 0 aliphatic heterocycles. The van der Waals surface area contributed by atoms with Gasteiger partial charge in [-0.3, -0.25) is 0 Å². The van der Waals surface area contributed by atoms with E-state index in [9.17, 15) is 15.0 Å². The predicted octanol–water partition coefficient (Wildman–Crippen LogP) is 4.24. The maximum atomic E-state index is 11.2. The molecule has 1 rings (SSSR count). The summed E-state index contributed by atoms with van der Waals surface area (Å²) >= 11 is 0. The van der Waals surface area contributed by atoms with E-state index in [4.69, 9.17) is 5.11 Å². The van der Waals surface area contributed by atoms with E-state index in [0.29, 0.717) is 12.0 Å². The summed E-state index contributed by atoms with van der Waals surface area (Å²) in [5.74, 6) is -1.01. The van der Waals surface area contributed by atoms with E-state index in [2.05, 4.69) is 0 Å². The molecule has 3 N–H and O–H groups in total. The van der Waals surface area contributed by atoms with Crippen LogP contribution in [0.3, 0.4) is 0 Å². The highest BCUT2D eigenvalue weighted by Gasteiger charge is 2.48. The molecule has 1 aliphatic rings. The zero-order valence-corrected chi connectivity index (χ0v) is 16.2. The van der Waals surface area contributed by atoms with Crippen molar-refractivity contribution in [1.82, 2.24) is 0 Å². The van der Waals surface area contributed by atoms with Gasteiger partial charge in [0.2, 0.25) is 0 Å². The van der Waals surface area contributed by atoms with Gasteiger partial charge in [0.25, 0.3) is 0 Å². The molecule has 4 heteroatoms. The summed E-state index contributed by atoms with van der Waals surface area (Å²) < 4.78 is 0. The van der Waals surface area contributed by atoms with Crippen molar-refractivity contribution in [3.63, 3.8) is 0 Å². The smallest absolute Gasteiger partial charge is 0.328 e. The normalized spacial score (nSPS) is 27.0. The van der Waals surface area contributed by atoms with Crippen LogP contribution >= 0.6 is 0 Å². The highest BCUT2D eigenvalue weighted by Crippen LogP contribution is 2.48. The number of hydrogen-bond acceptors (Lipinski definition) is 3. The van der Waals surface area contributed by atoms with E-state index in [1.807, 2.05) is 41.5 Å². The van der Waals surface area contributed by atoms with E-state index in [1.165, 1.54) is 0 Å². The Morgan fingerprint density at radius 2 is 1.88 bits per heavy atom.